The molecule has 7 heteroatoms. The number of nitrogens with zero attached hydrogens (tertiary/aromatic N) is 1. The monoisotopic (exact) mass is 340 g/mol. The summed E-state index contributed by atoms with van der Waals surface area (Å²) < 4.78 is 40.0. The lowest BCUT2D eigenvalue weighted by molar-refractivity contribution is -0.131. The van der Waals surface area contributed by atoms with Crippen molar-refractivity contribution in [2.24, 2.45) is 5.73 Å². The molecule has 0 spiro atoms. The number of carbonyl (C=O) groups is 2. The van der Waals surface area contributed by atoms with Crippen molar-refractivity contribution in [2.45, 2.75) is 37.9 Å². The Morgan fingerprint density at radius 2 is 1.88 bits per heavy atom. The number of alkyl halides is 3. The number of halogens is 3. The summed E-state index contributed by atoms with van der Waals surface area (Å²) in [5.41, 5.74) is 4.12. The number of rotatable bonds is 4. The van der Waals surface area contributed by atoms with E-state index in [2.05, 4.69) is 0 Å². The Morgan fingerprint density at radius 1 is 1.21 bits per heavy atom. The third kappa shape index (κ3) is 4.59. The maximum Gasteiger partial charge on any atom is 0.417 e. The third-order valence-corrected chi connectivity index (χ3v) is 4.01. The average Bonchev–Trinajstić information content (AvgIpc) is 2.52. The Morgan fingerprint density at radius 3 is 2.46 bits per heavy atom. The molecule has 1 heterocycles. The summed E-state index contributed by atoms with van der Waals surface area (Å²) >= 11 is 0. The average molecular weight is 340 g/mol. The largest absolute Gasteiger partial charge is 0.417 e. The number of hydrogen-bond donors (Lipinski definition) is 1. The Hall–Kier alpha value is -2.31. The van der Waals surface area contributed by atoms with E-state index in [4.69, 9.17) is 5.73 Å². The Kier molecular flexibility index (Phi) is 5.64. The number of allylic oxidation sites excluding steroid dienone is 1. The molecule has 2 N–H and O–H groups in total. The van der Waals surface area contributed by atoms with Crippen LogP contribution in [0, 0.1) is 0 Å². The number of amides is 2. The molecule has 1 aromatic rings. The highest BCUT2D eigenvalue weighted by Crippen LogP contribution is 2.34. The van der Waals surface area contributed by atoms with Gasteiger partial charge in [0.15, 0.2) is 0 Å². The van der Waals surface area contributed by atoms with Gasteiger partial charge in [-0.2, -0.15) is 13.2 Å². The molecule has 24 heavy (non-hydrogen) atoms. The molecule has 0 radical (unpaired) electrons. The lowest BCUT2D eigenvalue weighted by atomic mass is 9.98. The fraction of sp³-hybridized carbons (Fsp3) is 0.412. The lowest BCUT2D eigenvalue weighted by Gasteiger charge is -2.34. The van der Waals surface area contributed by atoms with Crippen LogP contribution >= 0.6 is 0 Å². The first kappa shape index (κ1) is 18.0. The molecular formula is C17H19F3N2O2. The fourth-order valence-electron chi connectivity index (χ4n) is 2.89. The standard InChI is InChI=1S/C17H19F3N2O2/c18-17(19,20)14(12-6-2-1-3-7-12)11-16(24)22-9-5-4-8-13(22)10-15(21)23/h1-3,6-7,11,13H,4-5,8-10H2,(H2,21,23)/b14-11+/t13-/m1/s1. The van der Waals surface area contributed by atoms with Crippen molar-refractivity contribution in [3.63, 3.8) is 0 Å². The van der Waals surface area contributed by atoms with Crippen LogP contribution in [0.4, 0.5) is 13.2 Å². The molecule has 1 aromatic carbocycles. The van der Waals surface area contributed by atoms with Gasteiger partial charge in [0.05, 0.1) is 5.57 Å². The Balaban J connectivity index is 2.30. The van der Waals surface area contributed by atoms with Crippen molar-refractivity contribution in [1.29, 1.82) is 0 Å². The predicted molar refractivity (Wildman–Crippen MR) is 83.6 cm³/mol. The number of primary amides is 1. The zero-order chi connectivity index (χ0) is 17.7. The second-order valence-electron chi connectivity index (χ2n) is 5.77. The van der Waals surface area contributed by atoms with E-state index >= 15 is 0 Å². The first-order chi connectivity index (χ1) is 11.3. The molecule has 0 bridgehead atoms. The van der Waals surface area contributed by atoms with E-state index in [9.17, 15) is 22.8 Å². The van der Waals surface area contributed by atoms with Crippen molar-refractivity contribution in [3.8, 4) is 0 Å². The van der Waals surface area contributed by atoms with Crippen LogP contribution in [0.15, 0.2) is 36.4 Å². The SMILES string of the molecule is NC(=O)C[C@H]1CCCCN1C(=O)/C=C(\c1ccccc1)C(F)(F)F. The molecule has 0 saturated carbocycles. The number of hydrogen-bond acceptors (Lipinski definition) is 2. The van der Waals surface area contributed by atoms with E-state index in [1.165, 1.54) is 29.2 Å². The molecule has 0 unspecified atom stereocenters. The molecule has 0 aromatic heterocycles. The van der Waals surface area contributed by atoms with Gasteiger partial charge in [-0.15, -0.1) is 0 Å². The van der Waals surface area contributed by atoms with Crippen LogP contribution in [0.1, 0.15) is 31.2 Å². The van der Waals surface area contributed by atoms with E-state index in [1.54, 1.807) is 6.07 Å². The van der Waals surface area contributed by atoms with Gasteiger partial charge in [0.25, 0.3) is 0 Å². The molecule has 1 aliphatic rings. The van der Waals surface area contributed by atoms with Gasteiger partial charge in [-0.05, 0) is 24.8 Å². The number of piperidine rings is 1. The molecule has 0 aliphatic carbocycles. The minimum Gasteiger partial charge on any atom is -0.370 e. The zero-order valence-corrected chi connectivity index (χ0v) is 13.1. The summed E-state index contributed by atoms with van der Waals surface area (Å²) in [7, 11) is 0. The van der Waals surface area contributed by atoms with E-state index in [0.717, 1.165) is 6.42 Å². The van der Waals surface area contributed by atoms with Gasteiger partial charge < -0.3 is 10.6 Å². The van der Waals surface area contributed by atoms with Crippen LogP contribution in [0.5, 0.6) is 0 Å². The van der Waals surface area contributed by atoms with E-state index in [0.29, 0.717) is 25.5 Å². The third-order valence-electron chi connectivity index (χ3n) is 4.01. The first-order valence-electron chi connectivity index (χ1n) is 7.72. The quantitative estimate of drug-likeness (QED) is 0.857. The van der Waals surface area contributed by atoms with Crippen molar-refractivity contribution in [1.82, 2.24) is 4.90 Å². The number of likely N-dealkylation sites (tertiary alicyclic amines) is 1. The summed E-state index contributed by atoms with van der Waals surface area (Å²) in [6.45, 7) is 0.327. The molecule has 2 amide bonds. The second kappa shape index (κ2) is 7.51. The maximum atomic E-state index is 13.3. The summed E-state index contributed by atoms with van der Waals surface area (Å²) in [6.07, 6.45) is -1.99. The normalized spacial score (nSPS) is 19.2. The van der Waals surface area contributed by atoms with Gasteiger partial charge in [-0.3, -0.25) is 9.59 Å². The van der Waals surface area contributed by atoms with Crippen molar-refractivity contribution >= 4 is 17.4 Å². The van der Waals surface area contributed by atoms with Gasteiger partial charge >= 0.3 is 6.18 Å². The summed E-state index contributed by atoms with van der Waals surface area (Å²) in [4.78, 5) is 24.9. The van der Waals surface area contributed by atoms with Gasteiger partial charge in [0.2, 0.25) is 11.8 Å². The summed E-state index contributed by atoms with van der Waals surface area (Å²) in [5.74, 6) is -1.31. The van der Waals surface area contributed by atoms with Crippen molar-refractivity contribution in [2.75, 3.05) is 6.54 Å². The van der Waals surface area contributed by atoms with Crippen LogP contribution in [0.3, 0.4) is 0 Å². The van der Waals surface area contributed by atoms with Crippen molar-refractivity contribution < 1.29 is 22.8 Å². The molecule has 4 nitrogen and oxygen atoms in total. The highest BCUT2D eigenvalue weighted by atomic mass is 19.4. The first-order valence-corrected chi connectivity index (χ1v) is 7.72. The van der Waals surface area contributed by atoms with Gasteiger partial charge in [0, 0.05) is 25.1 Å². The molecule has 1 fully saturated rings. The fourth-order valence-corrected chi connectivity index (χ4v) is 2.89. The Labute approximate surface area is 138 Å². The van der Waals surface area contributed by atoms with Gasteiger partial charge in [-0.1, -0.05) is 30.3 Å². The van der Waals surface area contributed by atoms with Crippen LogP contribution in [-0.4, -0.2) is 35.5 Å². The van der Waals surface area contributed by atoms with Crippen LogP contribution in [0.2, 0.25) is 0 Å². The van der Waals surface area contributed by atoms with Crippen molar-refractivity contribution in [3.05, 3.63) is 42.0 Å². The number of nitrogens with two attached hydrogens (primary N) is 1. The molecule has 1 atom stereocenters. The van der Waals surface area contributed by atoms with E-state index in [-0.39, 0.29) is 12.0 Å². The number of benzene rings is 1. The molecule has 1 aliphatic heterocycles. The molecular weight excluding hydrogens is 321 g/mol. The van der Waals surface area contributed by atoms with Gasteiger partial charge in [0.1, 0.15) is 0 Å². The smallest absolute Gasteiger partial charge is 0.370 e. The lowest BCUT2D eigenvalue weighted by Crippen LogP contribution is -2.45. The topological polar surface area (TPSA) is 63.4 Å². The van der Waals surface area contributed by atoms with Crippen LogP contribution in [-0.2, 0) is 9.59 Å². The number of carbonyl (C=O) groups excluding carboxylic acids is 2. The van der Waals surface area contributed by atoms with Crippen LogP contribution in [0.25, 0.3) is 5.57 Å². The Bertz CT molecular complexity index is 626. The highest BCUT2D eigenvalue weighted by molar-refractivity contribution is 5.96. The summed E-state index contributed by atoms with van der Waals surface area (Å²) in [5, 5.41) is 0. The minimum absolute atomic E-state index is 0.0354. The predicted octanol–water partition coefficient (Wildman–Crippen LogP) is 2.89. The molecule has 1 saturated heterocycles. The molecule has 130 valence electrons. The highest BCUT2D eigenvalue weighted by Gasteiger charge is 2.36. The van der Waals surface area contributed by atoms with E-state index in [1.807, 2.05) is 0 Å². The summed E-state index contributed by atoms with van der Waals surface area (Å²) in [6, 6.07) is 6.75. The maximum absolute atomic E-state index is 13.3. The molecule has 2 rings (SSSR count). The van der Waals surface area contributed by atoms with Crippen LogP contribution < -0.4 is 5.73 Å². The van der Waals surface area contributed by atoms with E-state index < -0.39 is 29.6 Å². The second-order valence-corrected chi connectivity index (χ2v) is 5.77. The van der Waals surface area contributed by atoms with Gasteiger partial charge in [-0.25, -0.2) is 0 Å². The zero-order valence-electron chi connectivity index (χ0n) is 13.1. The minimum atomic E-state index is -4.65.